The Balaban J connectivity index is 1.78. The second-order valence-corrected chi connectivity index (χ2v) is 9.10. The third kappa shape index (κ3) is 5.16. The third-order valence-electron chi connectivity index (χ3n) is 5.27. The summed E-state index contributed by atoms with van der Waals surface area (Å²) in [5, 5.41) is 3.01. The number of carbonyl (C=O) groups excluding carboxylic acids is 1. The van der Waals surface area contributed by atoms with Gasteiger partial charge in [-0.25, -0.2) is 12.7 Å². The molecule has 6 nitrogen and oxygen atoms in total. The molecule has 0 saturated carbocycles. The highest BCUT2D eigenvalue weighted by atomic mass is 32.2. The largest absolute Gasteiger partial charge is 0.355 e. The molecule has 23 heavy (non-hydrogen) atoms. The summed E-state index contributed by atoms with van der Waals surface area (Å²) in [5.41, 5.74) is 0. The van der Waals surface area contributed by atoms with Crippen molar-refractivity contribution in [3.05, 3.63) is 0 Å². The zero-order valence-corrected chi connectivity index (χ0v) is 15.4. The molecule has 7 heteroatoms. The van der Waals surface area contributed by atoms with Crippen molar-refractivity contribution in [2.45, 2.75) is 58.0 Å². The van der Waals surface area contributed by atoms with Gasteiger partial charge in [-0.2, -0.15) is 0 Å². The van der Waals surface area contributed by atoms with Gasteiger partial charge in [0, 0.05) is 38.3 Å². The minimum atomic E-state index is -3.20. The lowest BCUT2D eigenvalue weighted by Crippen LogP contribution is -2.49. The number of rotatable bonds is 5. The summed E-state index contributed by atoms with van der Waals surface area (Å²) >= 11 is 0. The summed E-state index contributed by atoms with van der Waals surface area (Å²) in [4.78, 5) is 14.8. The van der Waals surface area contributed by atoms with E-state index in [1.54, 1.807) is 0 Å². The maximum Gasteiger partial charge on any atom is 0.224 e. The van der Waals surface area contributed by atoms with E-state index < -0.39 is 10.0 Å². The number of amides is 1. The topological polar surface area (TPSA) is 69.7 Å². The van der Waals surface area contributed by atoms with Crippen LogP contribution in [0.1, 0.15) is 46.0 Å². The average Bonchev–Trinajstić information content (AvgIpc) is 2.49. The summed E-state index contributed by atoms with van der Waals surface area (Å²) in [6.45, 7) is 6.87. The lowest BCUT2D eigenvalue weighted by atomic mass is 9.97. The fourth-order valence-corrected chi connectivity index (χ4v) is 4.74. The third-order valence-corrected chi connectivity index (χ3v) is 6.54. The van der Waals surface area contributed by atoms with Crippen molar-refractivity contribution in [1.82, 2.24) is 14.5 Å². The second kappa shape index (κ2) is 7.94. The van der Waals surface area contributed by atoms with E-state index in [2.05, 4.69) is 24.1 Å². The van der Waals surface area contributed by atoms with Gasteiger partial charge in [-0.3, -0.25) is 9.69 Å². The van der Waals surface area contributed by atoms with Crippen LogP contribution in [0.5, 0.6) is 0 Å². The van der Waals surface area contributed by atoms with Crippen molar-refractivity contribution in [2.24, 2.45) is 5.92 Å². The minimum absolute atomic E-state index is 0.00401. The average molecular weight is 346 g/mol. The van der Waals surface area contributed by atoms with Crippen molar-refractivity contribution in [2.75, 3.05) is 32.4 Å². The Bertz CT molecular complexity index is 499. The molecule has 0 aromatic carbocycles. The standard InChI is InChI=1S/C16H31N3O3S/c1-13-6-4-7-14(2)19(13)11-9-17-16(20)15-8-5-10-18(12-15)23(3,21)22/h13-15H,4-12H2,1-3H3,(H,17,20)/t13-,14+,15-/m0/s1. The highest BCUT2D eigenvalue weighted by Crippen LogP contribution is 2.22. The predicted octanol–water partition coefficient (Wildman–Crippen LogP) is 1.04. The molecule has 0 spiro atoms. The molecular weight excluding hydrogens is 314 g/mol. The SMILES string of the molecule is C[C@@H]1CCC[C@H](C)N1CCNC(=O)[C@H]1CCCN(S(C)(=O)=O)C1. The molecule has 0 aromatic rings. The zero-order chi connectivity index (χ0) is 17.0. The monoisotopic (exact) mass is 345 g/mol. The van der Waals surface area contributed by atoms with E-state index in [0.717, 1.165) is 19.4 Å². The van der Waals surface area contributed by atoms with Gasteiger partial charge in [0.1, 0.15) is 0 Å². The van der Waals surface area contributed by atoms with Crippen LogP contribution in [0.3, 0.4) is 0 Å². The summed E-state index contributed by atoms with van der Waals surface area (Å²) in [6.07, 6.45) is 6.48. The number of hydrogen-bond acceptors (Lipinski definition) is 4. The minimum Gasteiger partial charge on any atom is -0.355 e. The van der Waals surface area contributed by atoms with E-state index >= 15 is 0 Å². The smallest absolute Gasteiger partial charge is 0.224 e. The molecule has 2 saturated heterocycles. The van der Waals surface area contributed by atoms with Gasteiger partial charge >= 0.3 is 0 Å². The van der Waals surface area contributed by atoms with Gasteiger partial charge in [0.2, 0.25) is 15.9 Å². The van der Waals surface area contributed by atoms with E-state index in [1.807, 2.05) is 0 Å². The van der Waals surface area contributed by atoms with E-state index in [0.29, 0.717) is 31.7 Å². The zero-order valence-electron chi connectivity index (χ0n) is 14.6. The van der Waals surface area contributed by atoms with Gasteiger partial charge in [0.15, 0.2) is 0 Å². The second-order valence-electron chi connectivity index (χ2n) is 7.12. The maximum absolute atomic E-state index is 12.3. The summed E-state index contributed by atoms with van der Waals surface area (Å²) in [7, 11) is -3.20. The Morgan fingerprint density at radius 3 is 2.39 bits per heavy atom. The van der Waals surface area contributed by atoms with Crippen LogP contribution < -0.4 is 5.32 Å². The molecule has 2 rings (SSSR count). The Hall–Kier alpha value is -0.660. The number of nitrogens with zero attached hydrogens (tertiary/aromatic N) is 2. The molecule has 0 radical (unpaired) electrons. The lowest BCUT2D eigenvalue weighted by molar-refractivity contribution is -0.126. The van der Waals surface area contributed by atoms with E-state index in [4.69, 9.17) is 0 Å². The van der Waals surface area contributed by atoms with E-state index in [-0.39, 0.29) is 11.8 Å². The molecule has 2 aliphatic heterocycles. The molecule has 2 aliphatic rings. The Morgan fingerprint density at radius 1 is 1.13 bits per heavy atom. The van der Waals surface area contributed by atoms with Gasteiger partial charge in [0.25, 0.3) is 0 Å². The molecular formula is C16H31N3O3S. The highest BCUT2D eigenvalue weighted by Gasteiger charge is 2.30. The Morgan fingerprint density at radius 2 is 1.78 bits per heavy atom. The van der Waals surface area contributed by atoms with Gasteiger partial charge < -0.3 is 5.32 Å². The van der Waals surface area contributed by atoms with Gasteiger partial charge in [-0.1, -0.05) is 6.42 Å². The fourth-order valence-electron chi connectivity index (χ4n) is 3.83. The van der Waals surface area contributed by atoms with Crippen molar-refractivity contribution >= 4 is 15.9 Å². The fraction of sp³-hybridized carbons (Fsp3) is 0.938. The maximum atomic E-state index is 12.3. The van der Waals surface area contributed by atoms with Gasteiger partial charge in [0.05, 0.1) is 12.2 Å². The number of nitrogens with one attached hydrogen (secondary N) is 1. The number of hydrogen-bond donors (Lipinski definition) is 1. The normalized spacial score (nSPS) is 31.0. The first-order valence-electron chi connectivity index (χ1n) is 8.77. The highest BCUT2D eigenvalue weighted by molar-refractivity contribution is 7.88. The van der Waals surface area contributed by atoms with Crippen LogP contribution in [-0.4, -0.2) is 68.0 Å². The van der Waals surface area contributed by atoms with Crippen LogP contribution in [0, 0.1) is 5.92 Å². The Kier molecular flexibility index (Phi) is 6.45. The molecule has 2 heterocycles. The van der Waals surface area contributed by atoms with Crippen molar-refractivity contribution in [3.8, 4) is 0 Å². The molecule has 0 aliphatic carbocycles. The molecule has 1 N–H and O–H groups in total. The quantitative estimate of drug-likeness (QED) is 0.808. The first-order chi connectivity index (χ1) is 10.8. The summed E-state index contributed by atoms with van der Waals surface area (Å²) < 4.78 is 24.7. The van der Waals surface area contributed by atoms with Crippen LogP contribution in [-0.2, 0) is 14.8 Å². The van der Waals surface area contributed by atoms with Crippen LogP contribution in [0.15, 0.2) is 0 Å². The molecule has 2 fully saturated rings. The van der Waals surface area contributed by atoms with Crippen molar-refractivity contribution < 1.29 is 13.2 Å². The summed E-state index contributed by atoms with van der Waals surface area (Å²) in [5.74, 6) is -0.217. The number of sulfonamides is 1. The van der Waals surface area contributed by atoms with Crippen molar-refractivity contribution in [1.29, 1.82) is 0 Å². The van der Waals surface area contributed by atoms with Gasteiger partial charge in [-0.05, 0) is 39.5 Å². The van der Waals surface area contributed by atoms with Crippen LogP contribution >= 0.6 is 0 Å². The van der Waals surface area contributed by atoms with Gasteiger partial charge in [-0.15, -0.1) is 0 Å². The summed E-state index contributed by atoms with van der Waals surface area (Å²) in [6, 6.07) is 1.15. The lowest BCUT2D eigenvalue weighted by Gasteiger charge is -2.39. The van der Waals surface area contributed by atoms with Crippen LogP contribution in [0.25, 0.3) is 0 Å². The first-order valence-corrected chi connectivity index (χ1v) is 10.6. The predicted molar refractivity (Wildman–Crippen MR) is 91.6 cm³/mol. The van der Waals surface area contributed by atoms with Crippen molar-refractivity contribution in [3.63, 3.8) is 0 Å². The van der Waals surface area contributed by atoms with E-state index in [1.165, 1.54) is 29.8 Å². The molecule has 1 amide bonds. The molecule has 0 aromatic heterocycles. The first kappa shape index (κ1) is 18.7. The molecule has 0 bridgehead atoms. The molecule has 0 unspecified atom stereocenters. The van der Waals surface area contributed by atoms with Crippen LogP contribution in [0.4, 0.5) is 0 Å². The number of piperidine rings is 2. The van der Waals surface area contributed by atoms with Crippen LogP contribution in [0.2, 0.25) is 0 Å². The molecule has 3 atom stereocenters. The molecule has 134 valence electrons. The number of likely N-dealkylation sites (tertiary alicyclic amines) is 1. The number of carbonyl (C=O) groups is 1. The Labute approximate surface area is 140 Å². The van der Waals surface area contributed by atoms with E-state index in [9.17, 15) is 13.2 Å².